The van der Waals surface area contributed by atoms with Crippen molar-refractivity contribution in [3.63, 3.8) is 0 Å². The van der Waals surface area contributed by atoms with Crippen LogP contribution >= 0.6 is 11.5 Å². The first-order chi connectivity index (χ1) is 17.7. The summed E-state index contributed by atoms with van der Waals surface area (Å²) in [7, 11) is 0. The SMILES string of the molecule is CCNC(=O)C(=O)CC[C@H](NC(=O)c1ncns1)C(=O)Nc1cccn(CC(=O)NC23CC(C2)C3)c1=O. The minimum absolute atomic E-state index is 0.00430. The monoisotopic (exact) mass is 529 g/mol. The van der Waals surface area contributed by atoms with Crippen molar-refractivity contribution < 1.29 is 24.0 Å². The van der Waals surface area contributed by atoms with E-state index in [0.29, 0.717) is 5.92 Å². The van der Waals surface area contributed by atoms with Crippen LogP contribution in [0.3, 0.4) is 0 Å². The second-order valence-corrected chi connectivity index (χ2v) is 10.0. The van der Waals surface area contributed by atoms with Crippen LogP contribution in [0, 0.1) is 5.92 Å². The van der Waals surface area contributed by atoms with Crippen LogP contribution in [0.5, 0.6) is 0 Å². The van der Waals surface area contributed by atoms with Crippen molar-refractivity contribution >= 4 is 46.6 Å². The van der Waals surface area contributed by atoms with Crippen LogP contribution in [0.4, 0.5) is 5.69 Å². The number of likely N-dealkylation sites (N-methyl/N-ethyl adjacent to an activating group) is 1. The molecule has 196 valence electrons. The Hall–Kier alpha value is -3.94. The molecular weight excluding hydrogens is 502 g/mol. The van der Waals surface area contributed by atoms with Gasteiger partial charge < -0.3 is 25.8 Å². The molecule has 3 aliphatic rings. The number of ketones is 1. The molecule has 37 heavy (non-hydrogen) atoms. The van der Waals surface area contributed by atoms with Crippen molar-refractivity contribution in [1.82, 2.24) is 29.9 Å². The predicted octanol–water partition coefficient (Wildman–Crippen LogP) is -0.409. The quantitative estimate of drug-likeness (QED) is 0.268. The lowest BCUT2D eigenvalue weighted by molar-refractivity contribution is -0.138. The Morgan fingerprint density at radius 3 is 2.59 bits per heavy atom. The molecule has 2 bridgehead atoms. The second-order valence-electron chi connectivity index (χ2n) is 9.24. The number of pyridine rings is 1. The molecule has 0 radical (unpaired) electrons. The average molecular weight is 530 g/mol. The van der Waals surface area contributed by atoms with Crippen molar-refractivity contribution in [3.05, 3.63) is 40.0 Å². The molecule has 14 heteroatoms. The number of Topliss-reactive ketones (excluding diaryl/α,β-unsaturated/α-hetero) is 1. The van der Waals surface area contributed by atoms with Gasteiger partial charge in [-0.3, -0.25) is 28.8 Å². The molecule has 0 unspecified atom stereocenters. The summed E-state index contributed by atoms with van der Waals surface area (Å²) in [5, 5.41) is 10.3. The van der Waals surface area contributed by atoms with Gasteiger partial charge in [-0.1, -0.05) is 0 Å². The Morgan fingerprint density at radius 2 is 1.97 bits per heavy atom. The number of nitrogens with zero attached hydrogens (tertiary/aromatic N) is 3. The third-order valence-corrected chi connectivity index (χ3v) is 7.13. The smallest absolute Gasteiger partial charge is 0.287 e. The van der Waals surface area contributed by atoms with Gasteiger partial charge in [0, 0.05) is 24.7 Å². The first-order valence-corrected chi connectivity index (χ1v) is 12.7. The van der Waals surface area contributed by atoms with Crippen LogP contribution in [0.15, 0.2) is 29.5 Å². The van der Waals surface area contributed by atoms with Gasteiger partial charge in [0.2, 0.25) is 22.6 Å². The molecule has 2 aromatic rings. The van der Waals surface area contributed by atoms with Crippen LogP contribution in [-0.2, 0) is 25.7 Å². The summed E-state index contributed by atoms with van der Waals surface area (Å²) in [5.41, 5.74) is -0.826. The summed E-state index contributed by atoms with van der Waals surface area (Å²) >= 11 is 0.820. The lowest BCUT2D eigenvalue weighted by Crippen LogP contribution is -2.68. The lowest BCUT2D eigenvalue weighted by atomic mass is 9.50. The van der Waals surface area contributed by atoms with Crippen molar-refractivity contribution in [2.24, 2.45) is 5.92 Å². The van der Waals surface area contributed by atoms with E-state index < -0.39 is 35.1 Å². The van der Waals surface area contributed by atoms with Crippen LogP contribution in [-0.4, -0.2) is 61.5 Å². The molecule has 1 atom stereocenters. The molecule has 0 aromatic carbocycles. The maximum absolute atomic E-state index is 13.1. The molecule has 3 aliphatic carbocycles. The van der Waals surface area contributed by atoms with Crippen molar-refractivity contribution in [1.29, 1.82) is 0 Å². The van der Waals surface area contributed by atoms with Gasteiger partial charge in [0.15, 0.2) is 0 Å². The molecule has 2 aromatic heterocycles. The highest BCUT2D eigenvalue weighted by atomic mass is 32.1. The van der Waals surface area contributed by atoms with Crippen molar-refractivity contribution in [3.8, 4) is 0 Å². The minimum atomic E-state index is -1.25. The number of anilines is 1. The van der Waals surface area contributed by atoms with Gasteiger partial charge in [-0.25, -0.2) is 4.98 Å². The fraction of sp³-hybridized carbons (Fsp3) is 0.478. The Kier molecular flexibility index (Phi) is 7.76. The van der Waals surface area contributed by atoms with E-state index in [1.54, 1.807) is 6.92 Å². The number of carbonyl (C=O) groups is 5. The number of aromatic nitrogens is 3. The third kappa shape index (κ3) is 6.07. The van der Waals surface area contributed by atoms with E-state index in [1.807, 2.05) is 0 Å². The Bertz CT molecular complexity index is 1260. The zero-order chi connectivity index (χ0) is 26.6. The molecule has 3 saturated carbocycles. The van der Waals surface area contributed by atoms with Crippen LogP contribution in [0.2, 0.25) is 0 Å². The first kappa shape index (κ1) is 26.1. The highest BCUT2D eigenvalue weighted by Crippen LogP contribution is 2.56. The fourth-order valence-electron chi connectivity index (χ4n) is 4.51. The van der Waals surface area contributed by atoms with Crippen LogP contribution < -0.4 is 26.8 Å². The molecule has 4 N–H and O–H groups in total. The normalized spacial score (nSPS) is 20.0. The highest BCUT2D eigenvalue weighted by molar-refractivity contribution is 7.07. The van der Waals surface area contributed by atoms with Crippen molar-refractivity contribution in [2.45, 2.75) is 57.2 Å². The zero-order valence-electron chi connectivity index (χ0n) is 20.1. The van der Waals surface area contributed by atoms with Crippen LogP contribution in [0.1, 0.15) is 48.8 Å². The Labute approximate surface area is 215 Å². The third-order valence-electron chi connectivity index (χ3n) is 6.46. The largest absolute Gasteiger partial charge is 0.350 e. The maximum Gasteiger partial charge on any atom is 0.287 e. The van der Waals surface area contributed by atoms with Crippen LogP contribution in [0.25, 0.3) is 0 Å². The van der Waals surface area contributed by atoms with E-state index in [4.69, 9.17) is 0 Å². The number of amides is 4. The van der Waals surface area contributed by atoms with Gasteiger partial charge in [-0.15, -0.1) is 0 Å². The summed E-state index contributed by atoms with van der Waals surface area (Å²) in [6.45, 7) is 1.73. The van der Waals surface area contributed by atoms with E-state index in [0.717, 1.165) is 30.8 Å². The van der Waals surface area contributed by atoms with E-state index in [-0.39, 0.29) is 48.1 Å². The highest BCUT2D eigenvalue weighted by Gasteiger charge is 2.57. The molecule has 0 aliphatic heterocycles. The topological polar surface area (TPSA) is 181 Å². The fourth-order valence-corrected chi connectivity index (χ4v) is 4.94. The maximum atomic E-state index is 13.1. The average Bonchev–Trinajstić information content (AvgIpc) is 3.36. The molecule has 2 heterocycles. The summed E-state index contributed by atoms with van der Waals surface area (Å²) in [6.07, 6.45) is 5.02. The van der Waals surface area contributed by atoms with E-state index >= 15 is 0 Å². The van der Waals surface area contributed by atoms with E-state index in [2.05, 4.69) is 30.6 Å². The van der Waals surface area contributed by atoms with Gasteiger partial charge in [-0.2, -0.15) is 4.37 Å². The van der Waals surface area contributed by atoms with Crippen molar-refractivity contribution in [2.75, 3.05) is 11.9 Å². The van der Waals surface area contributed by atoms with Gasteiger partial charge >= 0.3 is 0 Å². The predicted molar refractivity (Wildman–Crippen MR) is 132 cm³/mol. The molecule has 0 spiro atoms. The summed E-state index contributed by atoms with van der Waals surface area (Å²) in [6, 6.07) is 1.63. The van der Waals surface area contributed by atoms with E-state index in [1.165, 1.54) is 29.2 Å². The minimum Gasteiger partial charge on any atom is -0.350 e. The zero-order valence-corrected chi connectivity index (χ0v) is 20.9. The molecule has 0 saturated heterocycles. The van der Waals surface area contributed by atoms with Gasteiger partial charge in [0.25, 0.3) is 17.4 Å². The number of rotatable bonds is 12. The lowest BCUT2D eigenvalue weighted by Gasteiger charge is -2.61. The summed E-state index contributed by atoms with van der Waals surface area (Å²) < 4.78 is 4.93. The van der Waals surface area contributed by atoms with Gasteiger partial charge in [0.05, 0.1) is 0 Å². The van der Waals surface area contributed by atoms with E-state index in [9.17, 15) is 28.8 Å². The number of hydrogen-bond acceptors (Lipinski definition) is 9. The molecule has 13 nitrogen and oxygen atoms in total. The number of nitrogens with one attached hydrogen (secondary N) is 4. The molecule has 5 rings (SSSR count). The first-order valence-electron chi connectivity index (χ1n) is 11.9. The Morgan fingerprint density at radius 1 is 1.22 bits per heavy atom. The second kappa shape index (κ2) is 11.0. The molecule has 4 amide bonds. The molecule has 3 fully saturated rings. The Balaban J connectivity index is 1.42. The molecular formula is C23H27N7O6S. The number of carbonyl (C=O) groups excluding carboxylic acids is 5. The number of hydrogen-bond donors (Lipinski definition) is 4. The van der Waals surface area contributed by atoms with Gasteiger partial charge in [-0.05, 0) is 62.2 Å². The summed E-state index contributed by atoms with van der Waals surface area (Å²) in [5.74, 6) is -2.59. The standard InChI is InChI=1S/C23H27N7O6S/c1-2-24-19(34)16(31)6-5-14(27-20(35)21-25-12-26-37-21)18(33)28-15-4-3-7-30(22(15)36)11-17(32)29-23-8-13(9-23)10-23/h3-4,7,12-14H,2,5-6,8-11H2,1H3,(H,24,34)(H,27,35)(H,28,33)(H,29,32)/t13?,14-,23?/m0/s1. The van der Waals surface area contributed by atoms with Gasteiger partial charge in [0.1, 0.15) is 24.6 Å². The summed E-state index contributed by atoms with van der Waals surface area (Å²) in [4.78, 5) is 78.6.